The number of ether oxygens (including phenoxy) is 2. The molecule has 33 heavy (non-hydrogen) atoms. The Hall–Kier alpha value is -3.39. The fourth-order valence-electron chi connectivity index (χ4n) is 3.95. The van der Waals surface area contributed by atoms with E-state index in [2.05, 4.69) is 29.6 Å². The first-order valence-electron chi connectivity index (χ1n) is 10.9. The number of nitrogens with one attached hydrogen (secondary N) is 1. The molecule has 176 valence electrons. The van der Waals surface area contributed by atoms with Crippen molar-refractivity contribution >= 4 is 18.0 Å². The van der Waals surface area contributed by atoms with Crippen LogP contribution in [-0.4, -0.2) is 66.4 Å². The van der Waals surface area contributed by atoms with Crippen LogP contribution < -0.4 is 5.32 Å². The molecule has 1 aliphatic carbocycles. The van der Waals surface area contributed by atoms with Gasteiger partial charge in [0, 0.05) is 18.0 Å². The third-order valence-corrected chi connectivity index (χ3v) is 5.49. The molecule has 2 N–H and O–H groups in total. The van der Waals surface area contributed by atoms with Crippen molar-refractivity contribution < 1.29 is 29.0 Å². The summed E-state index contributed by atoms with van der Waals surface area (Å²) in [5, 5.41) is 11.6. The number of carboxylic acid groups (broad SMARTS) is 1. The van der Waals surface area contributed by atoms with E-state index in [4.69, 9.17) is 14.6 Å². The van der Waals surface area contributed by atoms with Gasteiger partial charge < -0.3 is 24.8 Å². The molecule has 2 amide bonds. The van der Waals surface area contributed by atoms with Crippen molar-refractivity contribution in [1.82, 2.24) is 10.2 Å². The predicted molar refractivity (Wildman–Crippen MR) is 123 cm³/mol. The second kappa shape index (κ2) is 10.5. The zero-order valence-electron chi connectivity index (χ0n) is 19.2. The first-order chi connectivity index (χ1) is 15.7. The van der Waals surface area contributed by atoms with E-state index in [1.54, 1.807) is 20.8 Å². The lowest BCUT2D eigenvalue weighted by molar-refractivity contribution is -0.150. The average Bonchev–Trinajstić information content (AvgIpc) is 3.08. The molecular formula is C25H30N2O6. The molecule has 0 saturated carbocycles. The second-order valence-electron chi connectivity index (χ2n) is 8.85. The number of fused-ring (bicyclic) bond motifs is 3. The minimum Gasteiger partial charge on any atom is -0.480 e. The summed E-state index contributed by atoms with van der Waals surface area (Å²) in [7, 11) is 0. The molecule has 0 bridgehead atoms. The summed E-state index contributed by atoms with van der Waals surface area (Å²) >= 11 is 0. The van der Waals surface area contributed by atoms with Crippen molar-refractivity contribution in [3.63, 3.8) is 0 Å². The lowest BCUT2D eigenvalue weighted by Crippen LogP contribution is -2.49. The number of alkyl carbamates (subject to hydrolysis) is 1. The Labute approximate surface area is 193 Å². The predicted octanol–water partition coefficient (Wildman–Crippen LogP) is 3.25. The maximum atomic E-state index is 12.3. The molecule has 3 rings (SSSR count). The highest BCUT2D eigenvalue weighted by atomic mass is 16.5. The molecule has 0 aromatic heterocycles. The maximum absolute atomic E-state index is 12.3. The van der Waals surface area contributed by atoms with E-state index in [-0.39, 0.29) is 32.3 Å². The minimum atomic E-state index is -1.09. The number of hydrogen-bond acceptors (Lipinski definition) is 5. The van der Waals surface area contributed by atoms with Crippen LogP contribution in [0.3, 0.4) is 0 Å². The molecule has 0 radical (unpaired) electrons. The summed E-state index contributed by atoms with van der Waals surface area (Å²) in [4.78, 5) is 36.7. The fourth-order valence-corrected chi connectivity index (χ4v) is 3.95. The van der Waals surface area contributed by atoms with Gasteiger partial charge in [-0.3, -0.25) is 9.59 Å². The van der Waals surface area contributed by atoms with Gasteiger partial charge in [0.1, 0.15) is 19.8 Å². The Morgan fingerprint density at radius 3 is 2.12 bits per heavy atom. The lowest BCUT2D eigenvalue weighted by atomic mass is 9.98. The van der Waals surface area contributed by atoms with Gasteiger partial charge in [-0.2, -0.15) is 0 Å². The highest BCUT2D eigenvalue weighted by molar-refractivity contribution is 5.83. The normalized spacial score (nSPS) is 12.6. The molecular weight excluding hydrogens is 424 g/mol. The van der Waals surface area contributed by atoms with E-state index in [1.807, 2.05) is 24.3 Å². The first kappa shape index (κ1) is 24.3. The molecule has 0 heterocycles. The highest BCUT2D eigenvalue weighted by Gasteiger charge is 2.29. The van der Waals surface area contributed by atoms with Crippen LogP contribution in [0.5, 0.6) is 0 Å². The molecule has 2 aromatic rings. The van der Waals surface area contributed by atoms with Gasteiger partial charge >= 0.3 is 12.1 Å². The molecule has 1 aliphatic rings. The Kier molecular flexibility index (Phi) is 7.71. The van der Waals surface area contributed by atoms with E-state index >= 15 is 0 Å². The molecule has 8 heteroatoms. The third-order valence-electron chi connectivity index (χ3n) is 5.49. The van der Waals surface area contributed by atoms with Crippen LogP contribution in [0.2, 0.25) is 0 Å². The summed E-state index contributed by atoms with van der Waals surface area (Å²) in [5.41, 5.74) is 3.95. The summed E-state index contributed by atoms with van der Waals surface area (Å²) < 4.78 is 10.8. The molecule has 0 unspecified atom stereocenters. The van der Waals surface area contributed by atoms with Gasteiger partial charge in [0.15, 0.2) is 0 Å². The van der Waals surface area contributed by atoms with Gasteiger partial charge in [-0.25, -0.2) is 4.79 Å². The van der Waals surface area contributed by atoms with Gasteiger partial charge in [-0.05, 0) is 43.0 Å². The van der Waals surface area contributed by atoms with Crippen LogP contribution in [0.4, 0.5) is 4.79 Å². The molecule has 0 aliphatic heterocycles. The van der Waals surface area contributed by atoms with Crippen molar-refractivity contribution in [3.05, 3.63) is 59.7 Å². The quantitative estimate of drug-likeness (QED) is 0.564. The summed E-state index contributed by atoms with van der Waals surface area (Å²) in [5.74, 6) is -1.53. The molecule has 0 fully saturated rings. The molecule has 8 nitrogen and oxygen atoms in total. The van der Waals surface area contributed by atoms with E-state index in [9.17, 15) is 14.4 Å². The van der Waals surface area contributed by atoms with Gasteiger partial charge in [-0.15, -0.1) is 0 Å². The SMILES string of the molecule is CC(C)(C)N(CC(=O)O)C(=O)COCCNC(=O)OCC1c2ccccc2-c2ccccc21. The fraction of sp³-hybridized carbons (Fsp3) is 0.400. The van der Waals surface area contributed by atoms with Gasteiger partial charge in [0.25, 0.3) is 0 Å². The zero-order valence-corrected chi connectivity index (χ0v) is 19.2. The molecule has 0 atom stereocenters. The number of aliphatic carboxylic acids is 1. The second-order valence-corrected chi connectivity index (χ2v) is 8.85. The van der Waals surface area contributed by atoms with Crippen LogP contribution in [0.1, 0.15) is 37.8 Å². The number of hydrogen-bond donors (Lipinski definition) is 2. The van der Waals surface area contributed by atoms with E-state index in [0.29, 0.717) is 0 Å². The Balaban J connectivity index is 1.42. The van der Waals surface area contributed by atoms with Crippen molar-refractivity contribution in [2.24, 2.45) is 0 Å². The monoisotopic (exact) mass is 454 g/mol. The Morgan fingerprint density at radius 1 is 1.00 bits per heavy atom. The van der Waals surface area contributed by atoms with Crippen LogP contribution in [0, 0.1) is 0 Å². The minimum absolute atomic E-state index is 0.0189. The number of amides is 2. The van der Waals surface area contributed by atoms with Gasteiger partial charge in [-0.1, -0.05) is 48.5 Å². The first-order valence-corrected chi connectivity index (χ1v) is 10.9. The average molecular weight is 455 g/mol. The van der Waals surface area contributed by atoms with Gasteiger partial charge in [0.05, 0.1) is 6.61 Å². The van der Waals surface area contributed by atoms with E-state index in [0.717, 1.165) is 22.3 Å². The molecule has 0 saturated heterocycles. The maximum Gasteiger partial charge on any atom is 0.407 e. The van der Waals surface area contributed by atoms with Crippen LogP contribution in [0.15, 0.2) is 48.5 Å². The van der Waals surface area contributed by atoms with Gasteiger partial charge in [0.2, 0.25) is 5.91 Å². The molecule has 2 aromatic carbocycles. The number of rotatable bonds is 9. The number of carbonyl (C=O) groups is 3. The van der Waals surface area contributed by atoms with Crippen LogP contribution >= 0.6 is 0 Å². The van der Waals surface area contributed by atoms with Crippen LogP contribution in [-0.2, 0) is 19.1 Å². The van der Waals surface area contributed by atoms with E-state index in [1.165, 1.54) is 4.90 Å². The number of carbonyl (C=O) groups excluding carboxylic acids is 2. The summed E-state index contributed by atoms with van der Waals surface area (Å²) in [6.07, 6.45) is -0.561. The summed E-state index contributed by atoms with van der Waals surface area (Å²) in [6, 6.07) is 16.2. The molecule has 0 spiro atoms. The Morgan fingerprint density at radius 2 is 1.58 bits per heavy atom. The van der Waals surface area contributed by atoms with Crippen molar-refractivity contribution in [1.29, 1.82) is 0 Å². The van der Waals surface area contributed by atoms with E-state index < -0.39 is 30.1 Å². The largest absolute Gasteiger partial charge is 0.480 e. The lowest BCUT2D eigenvalue weighted by Gasteiger charge is -2.34. The Bertz CT molecular complexity index is 968. The third kappa shape index (κ3) is 6.10. The topological polar surface area (TPSA) is 105 Å². The van der Waals surface area contributed by atoms with Crippen LogP contribution in [0.25, 0.3) is 11.1 Å². The number of benzene rings is 2. The van der Waals surface area contributed by atoms with Crippen molar-refractivity contribution in [3.8, 4) is 11.1 Å². The standard InChI is InChI=1S/C25H30N2O6/c1-25(2,3)27(14-23(29)30)22(28)16-32-13-12-26-24(31)33-15-21-19-10-6-4-8-17(19)18-9-5-7-11-20(18)21/h4-11,21H,12-16H2,1-3H3,(H,26,31)(H,29,30). The van der Waals surface area contributed by atoms with Crippen molar-refractivity contribution in [2.45, 2.75) is 32.2 Å². The highest BCUT2D eigenvalue weighted by Crippen LogP contribution is 2.44. The number of nitrogens with zero attached hydrogens (tertiary/aromatic N) is 1. The summed E-state index contributed by atoms with van der Waals surface area (Å²) in [6.45, 7) is 5.08. The zero-order chi connectivity index (χ0) is 24.0. The van der Waals surface area contributed by atoms with Crippen molar-refractivity contribution in [2.75, 3.05) is 32.9 Å². The smallest absolute Gasteiger partial charge is 0.407 e. The number of carboxylic acids is 1.